The summed E-state index contributed by atoms with van der Waals surface area (Å²) in [5.74, 6) is -0.494. The van der Waals surface area contributed by atoms with Crippen LogP contribution in [0.1, 0.15) is 28.8 Å². The van der Waals surface area contributed by atoms with Crippen LogP contribution in [0.25, 0.3) is 0 Å². The predicted octanol–water partition coefficient (Wildman–Crippen LogP) is 3.16. The van der Waals surface area contributed by atoms with E-state index in [0.29, 0.717) is 5.02 Å². The SMILES string of the molecule is COc1cc(C(=O)NNC(=O)OCC2(c3ccc(Cl)cc3)CC2)ccc1O. The molecule has 3 rings (SSSR count). The van der Waals surface area contributed by atoms with Crippen LogP contribution in [-0.4, -0.2) is 30.8 Å². The van der Waals surface area contributed by atoms with E-state index in [4.69, 9.17) is 21.1 Å². The van der Waals surface area contributed by atoms with Gasteiger partial charge < -0.3 is 14.6 Å². The van der Waals surface area contributed by atoms with E-state index < -0.39 is 12.0 Å². The Kier molecular flexibility index (Phi) is 5.41. The van der Waals surface area contributed by atoms with Gasteiger partial charge in [-0.05, 0) is 48.7 Å². The molecule has 0 spiro atoms. The zero-order chi connectivity index (χ0) is 19.4. The minimum Gasteiger partial charge on any atom is -0.504 e. The second-order valence-corrected chi connectivity index (χ2v) is 6.77. The van der Waals surface area contributed by atoms with E-state index >= 15 is 0 Å². The maximum absolute atomic E-state index is 12.1. The normalized spacial score (nSPS) is 14.1. The van der Waals surface area contributed by atoms with Crippen LogP contribution in [-0.2, 0) is 10.2 Å². The topological polar surface area (TPSA) is 96.9 Å². The van der Waals surface area contributed by atoms with Gasteiger partial charge in [-0.2, -0.15) is 0 Å². The molecule has 1 fully saturated rings. The highest BCUT2D eigenvalue weighted by Gasteiger charge is 2.45. The summed E-state index contributed by atoms with van der Waals surface area (Å²) in [6, 6.07) is 11.6. The van der Waals surface area contributed by atoms with Crippen molar-refractivity contribution in [1.82, 2.24) is 10.9 Å². The number of hydrogen-bond acceptors (Lipinski definition) is 5. The molecule has 0 unspecified atom stereocenters. The lowest BCUT2D eigenvalue weighted by Crippen LogP contribution is -2.42. The number of carbonyl (C=O) groups excluding carboxylic acids is 2. The van der Waals surface area contributed by atoms with Crippen molar-refractivity contribution in [2.45, 2.75) is 18.3 Å². The summed E-state index contributed by atoms with van der Waals surface area (Å²) in [5.41, 5.74) is 5.56. The van der Waals surface area contributed by atoms with Crippen molar-refractivity contribution < 1.29 is 24.2 Å². The van der Waals surface area contributed by atoms with Gasteiger partial charge in [0, 0.05) is 16.0 Å². The Balaban J connectivity index is 1.50. The van der Waals surface area contributed by atoms with E-state index in [0.717, 1.165) is 18.4 Å². The van der Waals surface area contributed by atoms with Crippen molar-refractivity contribution >= 4 is 23.6 Å². The highest BCUT2D eigenvalue weighted by Crippen LogP contribution is 2.48. The number of phenolic OH excluding ortho intramolecular Hbond substituents is 1. The summed E-state index contributed by atoms with van der Waals surface area (Å²) in [5, 5.41) is 10.2. The van der Waals surface area contributed by atoms with Crippen molar-refractivity contribution in [1.29, 1.82) is 0 Å². The fourth-order valence-corrected chi connectivity index (χ4v) is 2.84. The number of nitrogens with one attached hydrogen (secondary N) is 2. The lowest BCUT2D eigenvalue weighted by Gasteiger charge is -2.16. The molecule has 1 saturated carbocycles. The van der Waals surface area contributed by atoms with Gasteiger partial charge in [0.15, 0.2) is 11.5 Å². The standard InChI is InChI=1S/C19H19ClN2O5/c1-26-16-10-12(2-7-15(16)23)17(24)21-22-18(25)27-11-19(8-9-19)13-3-5-14(20)6-4-13/h2-7,10,23H,8-9,11H2,1H3,(H,21,24)(H,22,25). The number of halogens is 1. The molecule has 0 aliphatic heterocycles. The molecule has 0 atom stereocenters. The lowest BCUT2D eigenvalue weighted by molar-refractivity contribution is 0.0902. The third kappa shape index (κ3) is 4.43. The maximum Gasteiger partial charge on any atom is 0.426 e. The van der Waals surface area contributed by atoms with Crippen molar-refractivity contribution in [3.63, 3.8) is 0 Å². The van der Waals surface area contributed by atoms with Crippen LogP contribution in [0.15, 0.2) is 42.5 Å². The number of benzene rings is 2. The van der Waals surface area contributed by atoms with Crippen LogP contribution in [0.2, 0.25) is 5.02 Å². The van der Waals surface area contributed by atoms with Gasteiger partial charge in [-0.25, -0.2) is 10.2 Å². The van der Waals surface area contributed by atoms with E-state index in [1.807, 2.05) is 24.3 Å². The van der Waals surface area contributed by atoms with Crippen LogP contribution in [0.5, 0.6) is 11.5 Å². The summed E-state index contributed by atoms with van der Waals surface area (Å²) in [4.78, 5) is 23.9. The molecule has 0 saturated heterocycles. The molecule has 2 aromatic carbocycles. The van der Waals surface area contributed by atoms with E-state index in [-0.39, 0.29) is 29.1 Å². The minimum absolute atomic E-state index is 0.0849. The van der Waals surface area contributed by atoms with Crippen molar-refractivity contribution in [3.05, 3.63) is 58.6 Å². The minimum atomic E-state index is -0.755. The molecule has 2 aromatic rings. The predicted molar refractivity (Wildman–Crippen MR) is 99.0 cm³/mol. The first-order chi connectivity index (χ1) is 12.9. The second kappa shape index (κ2) is 7.75. The Hall–Kier alpha value is -2.93. The molecule has 1 aliphatic carbocycles. The molecule has 8 heteroatoms. The average molecular weight is 391 g/mol. The van der Waals surface area contributed by atoms with Gasteiger partial charge in [-0.15, -0.1) is 0 Å². The summed E-state index contributed by atoms with van der Waals surface area (Å²) in [7, 11) is 1.38. The number of phenols is 1. The van der Waals surface area contributed by atoms with E-state index in [2.05, 4.69) is 10.9 Å². The Labute approximate surface area is 161 Å². The summed E-state index contributed by atoms with van der Waals surface area (Å²) in [6.45, 7) is 0.212. The maximum atomic E-state index is 12.1. The molecule has 0 heterocycles. The molecule has 142 valence electrons. The van der Waals surface area contributed by atoms with E-state index in [1.54, 1.807) is 0 Å². The number of hydrogen-bond donors (Lipinski definition) is 3. The van der Waals surface area contributed by atoms with Gasteiger partial charge in [-0.1, -0.05) is 23.7 Å². The third-order valence-corrected chi connectivity index (χ3v) is 4.76. The van der Waals surface area contributed by atoms with Gasteiger partial charge in [0.1, 0.15) is 6.61 Å². The van der Waals surface area contributed by atoms with Crippen LogP contribution < -0.4 is 15.6 Å². The molecule has 27 heavy (non-hydrogen) atoms. The first-order valence-corrected chi connectivity index (χ1v) is 8.67. The number of amides is 2. The van der Waals surface area contributed by atoms with Crippen LogP contribution >= 0.6 is 11.6 Å². The molecular formula is C19H19ClN2O5. The Morgan fingerprint density at radius 1 is 1.15 bits per heavy atom. The lowest BCUT2D eigenvalue weighted by atomic mass is 9.97. The van der Waals surface area contributed by atoms with Crippen LogP contribution in [0.3, 0.4) is 0 Å². The highest BCUT2D eigenvalue weighted by atomic mass is 35.5. The number of carbonyl (C=O) groups is 2. The number of hydrazine groups is 1. The molecule has 0 aromatic heterocycles. The first kappa shape index (κ1) is 18.8. The average Bonchev–Trinajstić information content (AvgIpc) is 3.46. The third-order valence-electron chi connectivity index (χ3n) is 4.51. The first-order valence-electron chi connectivity index (χ1n) is 8.30. The second-order valence-electron chi connectivity index (χ2n) is 6.33. The summed E-state index contributed by atoms with van der Waals surface area (Å²) in [6.07, 6.45) is 1.08. The molecule has 7 nitrogen and oxygen atoms in total. The molecule has 2 amide bonds. The molecule has 0 radical (unpaired) electrons. The quantitative estimate of drug-likeness (QED) is 0.681. The number of rotatable bonds is 5. The molecule has 1 aliphatic rings. The molecule has 0 bridgehead atoms. The van der Waals surface area contributed by atoms with Crippen molar-refractivity contribution in [2.75, 3.05) is 13.7 Å². The van der Waals surface area contributed by atoms with Gasteiger partial charge in [0.05, 0.1) is 7.11 Å². The van der Waals surface area contributed by atoms with Gasteiger partial charge in [0.25, 0.3) is 5.91 Å². The van der Waals surface area contributed by atoms with E-state index in [1.165, 1.54) is 25.3 Å². The summed E-state index contributed by atoms with van der Waals surface area (Å²) < 4.78 is 10.2. The monoisotopic (exact) mass is 390 g/mol. The van der Waals surface area contributed by atoms with E-state index in [9.17, 15) is 14.7 Å². The van der Waals surface area contributed by atoms with Gasteiger partial charge in [0.2, 0.25) is 0 Å². The number of aromatic hydroxyl groups is 1. The summed E-state index contributed by atoms with van der Waals surface area (Å²) >= 11 is 5.90. The largest absolute Gasteiger partial charge is 0.504 e. The Bertz CT molecular complexity index is 850. The number of methoxy groups -OCH3 is 1. The van der Waals surface area contributed by atoms with Crippen LogP contribution in [0.4, 0.5) is 4.79 Å². The number of ether oxygens (including phenoxy) is 2. The fourth-order valence-electron chi connectivity index (χ4n) is 2.71. The molecule has 3 N–H and O–H groups in total. The Morgan fingerprint density at radius 3 is 2.48 bits per heavy atom. The van der Waals surface area contributed by atoms with Crippen LogP contribution in [0, 0.1) is 0 Å². The fraction of sp³-hybridized carbons (Fsp3) is 0.263. The van der Waals surface area contributed by atoms with Crippen molar-refractivity contribution in [2.24, 2.45) is 0 Å². The smallest absolute Gasteiger partial charge is 0.426 e. The zero-order valence-corrected chi connectivity index (χ0v) is 15.4. The molecular weight excluding hydrogens is 372 g/mol. The van der Waals surface area contributed by atoms with Gasteiger partial charge >= 0.3 is 6.09 Å². The van der Waals surface area contributed by atoms with Gasteiger partial charge in [-0.3, -0.25) is 10.2 Å². The Morgan fingerprint density at radius 2 is 1.85 bits per heavy atom. The zero-order valence-electron chi connectivity index (χ0n) is 14.6. The van der Waals surface area contributed by atoms with Crippen molar-refractivity contribution in [3.8, 4) is 11.5 Å². The highest BCUT2D eigenvalue weighted by molar-refractivity contribution is 6.30.